The van der Waals surface area contributed by atoms with Crippen LogP contribution < -0.4 is 9.47 Å². The first-order valence-corrected chi connectivity index (χ1v) is 9.14. The van der Waals surface area contributed by atoms with E-state index in [0.29, 0.717) is 41.9 Å². The largest absolute Gasteiger partial charge is 0.490 e. The van der Waals surface area contributed by atoms with Crippen molar-refractivity contribution in [1.29, 1.82) is 0 Å². The monoisotopic (exact) mass is 373 g/mol. The van der Waals surface area contributed by atoms with E-state index in [9.17, 15) is 4.79 Å². The topological polar surface area (TPSA) is 70.8 Å². The first-order valence-electron chi connectivity index (χ1n) is 8.26. The van der Waals surface area contributed by atoms with Gasteiger partial charge in [0.15, 0.2) is 11.5 Å². The van der Waals surface area contributed by atoms with Crippen LogP contribution in [0.2, 0.25) is 0 Å². The molecule has 26 heavy (non-hydrogen) atoms. The number of oxazole rings is 1. The highest BCUT2D eigenvalue weighted by molar-refractivity contribution is 7.13. The van der Waals surface area contributed by atoms with Gasteiger partial charge in [-0.15, -0.1) is 11.3 Å². The molecule has 0 radical (unpaired) electrons. The van der Waals surface area contributed by atoms with E-state index in [1.165, 1.54) is 17.6 Å². The molecule has 136 valence electrons. The third kappa shape index (κ3) is 4.23. The van der Waals surface area contributed by atoms with Gasteiger partial charge in [-0.05, 0) is 43.5 Å². The van der Waals surface area contributed by atoms with Gasteiger partial charge in [-0.2, -0.15) is 0 Å². The van der Waals surface area contributed by atoms with Crippen molar-refractivity contribution in [2.24, 2.45) is 0 Å². The SMILES string of the molecule is CCOc1ccc(C(=O)OCc2coc(-c3cccs3)n2)cc1OCC. The van der Waals surface area contributed by atoms with E-state index in [1.54, 1.807) is 18.2 Å². The molecule has 2 aromatic heterocycles. The molecule has 0 N–H and O–H groups in total. The van der Waals surface area contributed by atoms with Crippen LogP contribution >= 0.6 is 11.3 Å². The van der Waals surface area contributed by atoms with Crippen LogP contribution in [0.25, 0.3) is 10.8 Å². The average Bonchev–Trinajstić information content (AvgIpc) is 3.33. The molecule has 7 heteroatoms. The van der Waals surface area contributed by atoms with Crippen molar-refractivity contribution in [1.82, 2.24) is 4.98 Å². The van der Waals surface area contributed by atoms with Crippen LogP contribution in [0.4, 0.5) is 0 Å². The molecule has 6 nitrogen and oxygen atoms in total. The van der Waals surface area contributed by atoms with Crippen LogP contribution in [-0.4, -0.2) is 24.2 Å². The van der Waals surface area contributed by atoms with Crippen molar-refractivity contribution < 1.29 is 23.4 Å². The quantitative estimate of drug-likeness (QED) is 0.539. The zero-order chi connectivity index (χ0) is 18.4. The van der Waals surface area contributed by atoms with E-state index in [0.717, 1.165) is 4.88 Å². The van der Waals surface area contributed by atoms with Crippen LogP contribution in [-0.2, 0) is 11.3 Å². The van der Waals surface area contributed by atoms with Crippen LogP contribution in [0.1, 0.15) is 29.9 Å². The molecular formula is C19H19NO5S. The molecule has 0 fully saturated rings. The normalized spacial score (nSPS) is 10.5. The standard InChI is InChI=1S/C19H19NO5S/c1-3-22-15-8-7-13(10-16(15)23-4-2)19(21)25-12-14-11-24-18(20-14)17-6-5-9-26-17/h5-11H,3-4,12H2,1-2H3. The van der Waals surface area contributed by atoms with Crippen molar-refractivity contribution in [2.75, 3.05) is 13.2 Å². The lowest BCUT2D eigenvalue weighted by Crippen LogP contribution is -2.07. The molecule has 0 saturated heterocycles. The first kappa shape index (κ1) is 18.0. The van der Waals surface area contributed by atoms with Crippen molar-refractivity contribution in [2.45, 2.75) is 20.5 Å². The van der Waals surface area contributed by atoms with Gasteiger partial charge in [0, 0.05) is 0 Å². The number of thiophene rings is 1. The molecule has 0 bridgehead atoms. The van der Waals surface area contributed by atoms with E-state index in [1.807, 2.05) is 31.4 Å². The molecule has 0 aliphatic heterocycles. The number of carbonyl (C=O) groups excluding carboxylic acids is 1. The molecule has 3 aromatic rings. The fourth-order valence-electron chi connectivity index (χ4n) is 2.29. The summed E-state index contributed by atoms with van der Waals surface area (Å²) in [6.45, 7) is 4.78. The highest BCUT2D eigenvalue weighted by atomic mass is 32.1. The minimum atomic E-state index is -0.463. The number of benzene rings is 1. The Labute approximate surface area is 155 Å². The summed E-state index contributed by atoms with van der Waals surface area (Å²) < 4.78 is 21.8. The van der Waals surface area contributed by atoms with Crippen molar-refractivity contribution in [3.63, 3.8) is 0 Å². The lowest BCUT2D eigenvalue weighted by molar-refractivity contribution is 0.0467. The predicted octanol–water partition coefficient (Wildman–Crippen LogP) is 4.56. The highest BCUT2D eigenvalue weighted by Crippen LogP contribution is 2.29. The molecule has 0 unspecified atom stereocenters. The number of carbonyl (C=O) groups is 1. The van der Waals surface area contributed by atoms with E-state index < -0.39 is 5.97 Å². The summed E-state index contributed by atoms with van der Waals surface area (Å²) >= 11 is 1.53. The second kappa shape index (κ2) is 8.53. The molecule has 0 aliphatic carbocycles. The third-order valence-electron chi connectivity index (χ3n) is 3.41. The lowest BCUT2D eigenvalue weighted by atomic mass is 10.2. The molecule has 0 amide bonds. The number of rotatable bonds is 8. The molecule has 2 heterocycles. The summed E-state index contributed by atoms with van der Waals surface area (Å²) in [5.41, 5.74) is 0.941. The summed E-state index contributed by atoms with van der Waals surface area (Å²) in [6.07, 6.45) is 1.49. The minimum Gasteiger partial charge on any atom is -0.490 e. The molecular weight excluding hydrogens is 354 g/mol. The van der Waals surface area contributed by atoms with E-state index in [2.05, 4.69) is 4.98 Å². The molecule has 0 spiro atoms. The number of aromatic nitrogens is 1. The average molecular weight is 373 g/mol. The summed E-state index contributed by atoms with van der Waals surface area (Å²) in [4.78, 5) is 17.6. The lowest BCUT2D eigenvalue weighted by Gasteiger charge is -2.12. The maximum Gasteiger partial charge on any atom is 0.338 e. The van der Waals surface area contributed by atoms with Crippen LogP contribution in [0, 0.1) is 0 Å². The van der Waals surface area contributed by atoms with E-state index in [4.69, 9.17) is 18.6 Å². The molecule has 0 aliphatic rings. The Hall–Kier alpha value is -2.80. The van der Waals surface area contributed by atoms with Crippen molar-refractivity contribution in [3.8, 4) is 22.3 Å². The molecule has 3 rings (SSSR count). The zero-order valence-electron chi connectivity index (χ0n) is 14.6. The Kier molecular flexibility index (Phi) is 5.91. The number of hydrogen-bond acceptors (Lipinski definition) is 7. The summed E-state index contributed by atoms with van der Waals surface area (Å²) in [5, 5.41) is 1.95. The Balaban J connectivity index is 1.65. The summed E-state index contributed by atoms with van der Waals surface area (Å²) in [6, 6.07) is 8.82. The van der Waals surface area contributed by atoms with Gasteiger partial charge in [0.2, 0.25) is 5.89 Å². The third-order valence-corrected chi connectivity index (χ3v) is 4.27. The Morgan fingerprint density at radius 2 is 1.96 bits per heavy atom. The number of hydrogen-bond donors (Lipinski definition) is 0. The second-order valence-electron chi connectivity index (χ2n) is 5.22. The Bertz CT molecular complexity index is 857. The van der Waals surface area contributed by atoms with Gasteiger partial charge in [-0.1, -0.05) is 6.07 Å². The fraction of sp³-hybridized carbons (Fsp3) is 0.263. The fourth-order valence-corrected chi connectivity index (χ4v) is 2.94. The van der Waals surface area contributed by atoms with Gasteiger partial charge in [0.05, 0.1) is 23.7 Å². The van der Waals surface area contributed by atoms with E-state index >= 15 is 0 Å². The summed E-state index contributed by atoms with van der Waals surface area (Å²) in [5.74, 6) is 1.17. The smallest absolute Gasteiger partial charge is 0.338 e. The van der Waals surface area contributed by atoms with Gasteiger partial charge in [0.25, 0.3) is 0 Å². The summed E-state index contributed by atoms with van der Waals surface area (Å²) in [7, 11) is 0. The Morgan fingerprint density at radius 3 is 2.69 bits per heavy atom. The van der Waals surface area contributed by atoms with Gasteiger partial charge in [0.1, 0.15) is 18.6 Å². The van der Waals surface area contributed by atoms with Crippen LogP contribution in [0.3, 0.4) is 0 Å². The van der Waals surface area contributed by atoms with Crippen LogP contribution in [0.5, 0.6) is 11.5 Å². The predicted molar refractivity (Wildman–Crippen MR) is 97.7 cm³/mol. The van der Waals surface area contributed by atoms with E-state index in [-0.39, 0.29) is 6.61 Å². The van der Waals surface area contributed by atoms with Gasteiger partial charge < -0.3 is 18.6 Å². The second-order valence-corrected chi connectivity index (χ2v) is 6.17. The molecule has 0 saturated carbocycles. The van der Waals surface area contributed by atoms with Crippen LogP contribution in [0.15, 0.2) is 46.4 Å². The number of nitrogens with zero attached hydrogens (tertiary/aromatic N) is 1. The molecule has 1 aromatic carbocycles. The minimum absolute atomic E-state index is 0.0326. The van der Waals surface area contributed by atoms with Gasteiger partial charge in [-0.25, -0.2) is 9.78 Å². The van der Waals surface area contributed by atoms with Gasteiger partial charge in [-0.3, -0.25) is 0 Å². The van der Waals surface area contributed by atoms with Crippen molar-refractivity contribution in [3.05, 3.63) is 53.2 Å². The zero-order valence-corrected chi connectivity index (χ0v) is 15.4. The maximum absolute atomic E-state index is 12.3. The Morgan fingerprint density at radius 1 is 1.15 bits per heavy atom. The number of esters is 1. The van der Waals surface area contributed by atoms with Crippen molar-refractivity contribution >= 4 is 17.3 Å². The number of ether oxygens (including phenoxy) is 3. The first-order chi connectivity index (χ1) is 12.7. The van der Waals surface area contributed by atoms with Gasteiger partial charge >= 0.3 is 5.97 Å². The highest BCUT2D eigenvalue weighted by Gasteiger charge is 2.14. The maximum atomic E-state index is 12.3. The molecule has 0 atom stereocenters.